The Morgan fingerprint density at radius 1 is 1.06 bits per heavy atom. The summed E-state index contributed by atoms with van der Waals surface area (Å²) in [5, 5.41) is 0. The molecule has 3 aliphatic rings. The maximum absolute atomic E-state index is 6.69. The highest BCUT2D eigenvalue weighted by atomic mass is 28.4. The van der Waals surface area contributed by atoms with Gasteiger partial charge in [-0.25, -0.2) is 0 Å². The van der Waals surface area contributed by atoms with E-state index < -0.39 is 8.32 Å². The molecule has 0 aromatic heterocycles. The summed E-state index contributed by atoms with van der Waals surface area (Å²) in [4.78, 5) is 0. The maximum Gasteiger partial charge on any atom is 0.184 e. The molecule has 0 heterocycles. The van der Waals surface area contributed by atoms with Crippen molar-refractivity contribution in [2.75, 3.05) is 0 Å². The highest BCUT2D eigenvalue weighted by molar-refractivity contribution is 6.69. The predicted octanol–water partition coefficient (Wildman–Crippen LogP) is 4.30. The van der Waals surface area contributed by atoms with Crippen LogP contribution in [-0.2, 0) is 4.43 Å². The lowest BCUT2D eigenvalue weighted by atomic mass is 9.80. The van der Waals surface area contributed by atoms with Crippen LogP contribution in [0.15, 0.2) is 0 Å². The van der Waals surface area contributed by atoms with E-state index in [9.17, 15) is 0 Å². The van der Waals surface area contributed by atoms with Gasteiger partial charge in [-0.05, 0) is 61.1 Å². The monoisotopic (exact) mass is 252 g/mol. The molecule has 3 aliphatic carbocycles. The lowest BCUT2D eigenvalue weighted by molar-refractivity contribution is 0.0336. The van der Waals surface area contributed by atoms with Crippen LogP contribution < -0.4 is 0 Å². The Hall–Kier alpha value is 0.177. The summed E-state index contributed by atoms with van der Waals surface area (Å²) in [6.45, 7) is 16.9. The summed E-state index contributed by atoms with van der Waals surface area (Å²) in [6, 6.07) is 0. The third-order valence-electron chi connectivity index (χ3n) is 6.13. The zero-order chi connectivity index (χ0) is 12.9. The van der Waals surface area contributed by atoms with Gasteiger partial charge in [-0.3, -0.25) is 0 Å². The first-order chi connectivity index (χ1) is 7.58. The van der Waals surface area contributed by atoms with Crippen LogP contribution in [-0.4, -0.2) is 13.9 Å². The van der Waals surface area contributed by atoms with Crippen molar-refractivity contribution < 1.29 is 4.43 Å². The van der Waals surface area contributed by atoms with E-state index in [4.69, 9.17) is 4.43 Å². The zero-order valence-electron chi connectivity index (χ0n) is 12.6. The molecule has 2 heteroatoms. The molecule has 0 aromatic rings. The number of fused-ring (bicyclic) bond motifs is 3. The molecular formula is C15H28OSi. The van der Waals surface area contributed by atoms with Gasteiger partial charge in [0.2, 0.25) is 0 Å². The Morgan fingerprint density at radius 2 is 1.65 bits per heavy atom. The molecular weight excluding hydrogens is 224 g/mol. The largest absolute Gasteiger partial charge is 0.411 e. The number of hydrogen-bond acceptors (Lipinski definition) is 1. The molecule has 0 bridgehead atoms. The number of rotatable bonds is 3. The molecule has 0 aromatic carbocycles. The van der Waals surface area contributed by atoms with E-state index >= 15 is 0 Å². The van der Waals surface area contributed by atoms with Gasteiger partial charge < -0.3 is 4.43 Å². The van der Waals surface area contributed by atoms with E-state index in [1.165, 1.54) is 12.8 Å². The van der Waals surface area contributed by atoms with Crippen LogP contribution in [0.25, 0.3) is 0 Å². The molecule has 0 unspecified atom stereocenters. The third-order valence-corrected chi connectivity index (χ3v) is 7.11. The van der Waals surface area contributed by atoms with E-state index in [0.29, 0.717) is 10.8 Å². The first-order valence-corrected chi connectivity index (χ1v) is 10.7. The highest BCUT2D eigenvalue weighted by Gasteiger charge is 2.88. The van der Waals surface area contributed by atoms with Crippen LogP contribution in [0.1, 0.15) is 40.5 Å². The van der Waals surface area contributed by atoms with Crippen LogP contribution in [0.5, 0.6) is 0 Å². The molecule has 1 nitrogen and oxygen atoms in total. The van der Waals surface area contributed by atoms with Crippen molar-refractivity contribution in [3.63, 3.8) is 0 Å². The van der Waals surface area contributed by atoms with Crippen molar-refractivity contribution in [1.82, 2.24) is 0 Å². The van der Waals surface area contributed by atoms with E-state index in [0.717, 1.165) is 17.8 Å². The molecule has 17 heavy (non-hydrogen) atoms. The molecule has 4 atom stereocenters. The average molecular weight is 252 g/mol. The van der Waals surface area contributed by atoms with Crippen molar-refractivity contribution >= 4 is 8.32 Å². The van der Waals surface area contributed by atoms with Crippen LogP contribution in [0.3, 0.4) is 0 Å². The van der Waals surface area contributed by atoms with Gasteiger partial charge in [0.15, 0.2) is 8.32 Å². The maximum atomic E-state index is 6.69. The molecule has 0 radical (unpaired) electrons. The van der Waals surface area contributed by atoms with Gasteiger partial charge in [0.05, 0.1) is 5.60 Å². The molecule has 3 saturated carbocycles. The van der Waals surface area contributed by atoms with E-state index in [1.54, 1.807) is 0 Å². The minimum absolute atomic E-state index is 0.269. The summed E-state index contributed by atoms with van der Waals surface area (Å²) in [7, 11) is -1.42. The van der Waals surface area contributed by atoms with Gasteiger partial charge in [-0.2, -0.15) is 0 Å². The second kappa shape index (κ2) is 2.85. The van der Waals surface area contributed by atoms with Crippen molar-refractivity contribution in [3.05, 3.63) is 0 Å². The van der Waals surface area contributed by atoms with E-state index in [1.807, 2.05) is 0 Å². The molecule has 98 valence electrons. The second-order valence-electron chi connectivity index (χ2n) is 8.61. The Labute approximate surface area is 107 Å². The van der Waals surface area contributed by atoms with Crippen LogP contribution >= 0.6 is 0 Å². The molecule has 3 fully saturated rings. The fraction of sp³-hybridized carbons (Fsp3) is 1.00. The molecule has 0 aliphatic heterocycles. The summed E-state index contributed by atoms with van der Waals surface area (Å²) in [6.07, 6.45) is 2.82. The Morgan fingerprint density at radius 3 is 2.06 bits per heavy atom. The third kappa shape index (κ3) is 1.24. The fourth-order valence-corrected chi connectivity index (χ4v) is 6.89. The Bertz CT molecular complexity index is 368. The van der Waals surface area contributed by atoms with Crippen molar-refractivity contribution in [3.8, 4) is 0 Å². The van der Waals surface area contributed by atoms with Crippen molar-refractivity contribution in [2.24, 2.45) is 28.6 Å². The Kier molecular flexibility index (Phi) is 2.05. The highest BCUT2D eigenvalue weighted by Crippen LogP contribution is 2.88. The quantitative estimate of drug-likeness (QED) is 0.681. The van der Waals surface area contributed by atoms with Crippen LogP contribution in [0, 0.1) is 28.6 Å². The normalized spacial score (nSPS) is 50.1. The van der Waals surface area contributed by atoms with E-state index in [-0.39, 0.29) is 5.60 Å². The van der Waals surface area contributed by atoms with Gasteiger partial charge in [-0.15, -0.1) is 0 Å². The summed E-state index contributed by atoms with van der Waals surface area (Å²) >= 11 is 0. The second-order valence-corrected chi connectivity index (χ2v) is 13.0. The summed E-state index contributed by atoms with van der Waals surface area (Å²) in [5.74, 6) is 2.65. The first kappa shape index (κ1) is 12.2. The van der Waals surface area contributed by atoms with Crippen molar-refractivity contribution in [2.45, 2.75) is 65.8 Å². The van der Waals surface area contributed by atoms with Crippen LogP contribution in [0.2, 0.25) is 19.6 Å². The Balaban J connectivity index is 1.93. The SMILES string of the molecule is CC(C)[C@@]12C[C@@H]1C(C)(C)[C@@]1(O[Si](C)(C)C)C[C@H]21. The van der Waals surface area contributed by atoms with Gasteiger partial charge in [0.25, 0.3) is 0 Å². The fourth-order valence-electron chi connectivity index (χ4n) is 5.31. The molecule has 0 spiro atoms. The minimum Gasteiger partial charge on any atom is -0.411 e. The van der Waals surface area contributed by atoms with Crippen LogP contribution in [0.4, 0.5) is 0 Å². The standard InChI is InChI=1S/C15H28OSi/c1-10(2)14-8-11(14)13(3,4)15(9-12(14)15)16-17(5,6)7/h10-12H,8-9H2,1-7H3/t11-,12-,14+,15-/m1/s1. The topological polar surface area (TPSA) is 9.23 Å². The summed E-state index contributed by atoms with van der Waals surface area (Å²) < 4.78 is 6.69. The lowest BCUT2D eigenvalue weighted by Crippen LogP contribution is -2.43. The lowest BCUT2D eigenvalue weighted by Gasteiger charge is -2.38. The number of hydrogen-bond donors (Lipinski definition) is 0. The van der Waals surface area contributed by atoms with Gasteiger partial charge >= 0.3 is 0 Å². The smallest absolute Gasteiger partial charge is 0.184 e. The summed E-state index contributed by atoms with van der Waals surface area (Å²) in [5.41, 5.74) is 1.34. The van der Waals surface area contributed by atoms with E-state index in [2.05, 4.69) is 47.3 Å². The van der Waals surface area contributed by atoms with Gasteiger partial charge in [0.1, 0.15) is 0 Å². The van der Waals surface area contributed by atoms with Gasteiger partial charge in [-0.1, -0.05) is 27.7 Å². The molecule has 0 saturated heterocycles. The first-order valence-electron chi connectivity index (χ1n) is 7.28. The van der Waals surface area contributed by atoms with Crippen molar-refractivity contribution in [1.29, 1.82) is 0 Å². The zero-order valence-corrected chi connectivity index (χ0v) is 13.6. The molecule has 0 N–H and O–H groups in total. The average Bonchev–Trinajstić information content (AvgIpc) is 2.88. The predicted molar refractivity (Wildman–Crippen MR) is 74.4 cm³/mol. The molecule has 0 amide bonds. The minimum atomic E-state index is -1.42. The van der Waals surface area contributed by atoms with Gasteiger partial charge in [0, 0.05) is 0 Å². The molecule has 3 rings (SSSR count).